The summed E-state index contributed by atoms with van der Waals surface area (Å²) in [6.07, 6.45) is 6.52. The van der Waals surface area contributed by atoms with Crippen LogP contribution in [0.1, 0.15) is 54.5 Å². The first-order valence-electron chi connectivity index (χ1n) is 13.3. The molecule has 0 unspecified atom stereocenters. The average molecular weight is 518 g/mol. The van der Waals surface area contributed by atoms with E-state index in [0.29, 0.717) is 29.8 Å². The molecule has 2 aromatic carbocycles. The number of nitrogens with zero attached hydrogens (tertiary/aromatic N) is 4. The summed E-state index contributed by atoms with van der Waals surface area (Å²) in [7, 11) is 1.62. The van der Waals surface area contributed by atoms with E-state index in [9.17, 15) is 4.39 Å². The lowest BCUT2D eigenvalue weighted by Gasteiger charge is -2.26. The van der Waals surface area contributed by atoms with Crippen molar-refractivity contribution in [1.82, 2.24) is 19.9 Å². The van der Waals surface area contributed by atoms with Crippen molar-refractivity contribution in [1.29, 1.82) is 0 Å². The average Bonchev–Trinajstić information content (AvgIpc) is 3.26. The molecule has 2 aromatic heterocycles. The number of hydrogen-bond donors (Lipinski definition) is 1. The molecule has 2 aliphatic rings. The summed E-state index contributed by atoms with van der Waals surface area (Å²) in [4.78, 5) is 15.7. The highest BCUT2D eigenvalue weighted by Gasteiger charge is 2.23. The molecule has 0 bridgehead atoms. The molecule has 0 atom stereocenters. The highest BCUT2D eigenvalue weighted by atomic mass is 19.1. The zero-order valence-electron chi connectivity index (χ0n) is 21.8. The minimum absolute atomic E-state index is 0.144. The second-order valence-corrected chi connectivity index (χ2v) is 10.1. The number of ether oxygens (including phenoxy) is 2. The molecule has 1 saturated carbocycles. The Kier molecular flexibility index (Phi) is 6.84. The molecule has 198 valence electrons. The summed E-state index contributed by atoms with van der Waals surface area (Å²) < 4.78 is 31.9. The van der Waals surface area contributed by atoms with Gasteiger partial charge in [0, 0.05) is 43.6 Å². The molecular formula is C29H32FN5O3. The maximum absolute atomic E-state index is 14.4. The third-order valence-corrected chi connectivity index (χ3v) is 7.52. The number of rotatable bonds is 9. The first-order valence-corrected chi connectivity index (χ1v) is 13.3. The largest absolute Gasteiger partial charge is 0.493 e. The van der Waals surface area contributed by atoms with Crippen molar-refractivity contribution in [3.05, 3.63) is 65.4 Å². The number of aromatic nitrogens is 3. The second-order valence-electron chi connectivity index (χ2n) is 10.1. The molecule has 0 saturated heterocycles. The number of anilines is 2. The van der Waals surface area contributed by atoms with Crippen molar-refractivity contribution in [3.8, 4) is 11.5 Å². The van der Waals surface area contributed by atoms with Gasteiger partial charge in [0.1, 0.15) is 23.7 Å². The van der Waals surface area contributed by atoms with Crippen LogP contribution in [0.3, 0.4) is 0 Å². The zero-order valence-corrected chi connectivity index (χ0v) is 21.8. The summed E-state index contributed by atoms with van der Waals surface area (Å²) >= 11 is 0. The van der Waals surface area contributed by atoms with E-state index in [2.05, 4.69) is 25.2 Å². The first-order chi connectivity index (χ1) is 18.6. The quantitative estimate of drug-likeness (QED) is 0.274. The van der Waals surface area contributed by atoms with Gasteiger partial charge in [0.25, 0.3) is 0 Å². The lowest BCUT2D eigenvalue weighted by Crippen LogP contribution is -2.31. The van der Waals surface area contributed by atoms with Gasteiger partial charge in [-0.05, 0) is 55.0 Å². The van der Waals surface area contributed by atoms with Gasteiger partial charge in [-0.3, -0.25) is 4.90 Å². The predicted octanol–water partition coefficient (Wildman–Crippen LogP) is 5.91. The Hall–Kier alpha value is -3.72. The molecule has 9 heteroatoms. The van der Waals surface area contributed by atoms with E-state index in [1.807, 2.05) is 25.1 Å². The molecule has 38 heavy (non-hydrogen) atoms. The minimum atomic E-state index is -0.144. The van der Waals surface area contributed by atoms with Crippen LogP contribution in [0, 0.1) is 12.7 Å². The summed E-state index contributed by atoms with van der Waals surface area (Å²) in [6.45, 7) is 5.09. The van der Waals surface area contributed by atoms with Gasteiger partial charge >= 0.3 is 0 Å². The zero-order chi connectivity index (χ0) is 26.1. The van der Waals surface area contributed by atoms with Gasteiger partial charge < -0.3 is 19.2 Å². The molecule has 8 nitrogen and oxygen atoms in total. The van der Waals surface area contributed by atoms with Crippen LogP contribution < -0.4 is 14.8 Å². The van der Waals surface area contributed by atoms with Crippen molar-refractivity contribution in [3.63, 3.8) is 0 Å². The van der Waals surface area contributed by atoms with Gasteiger partial charge in [-0.1, -0.05) is 6.42 Å². The number of methoxy groups -OCH3 is 1. The number of nitrogens with one attached hydrogen (secondary N) is 1. The van der Waals surface area contributed by atoms with Crippen molar-refractivity contribution >= 4 is 22.4 Å². The molecule has 1 N–H and O–H groups in total. The van der Waals surface area contributed by atoms with Crippen LogP contribution in [0.4, 0.5) is 15.9 Å². The summed E-state index contributed by atoms with van der Waals surface area (Å²) in [5.41, 5.74) is 3.40. The fraction of sp³-hybridized carbons (Fsp3) is 0.414. The molecular weight excluding hydrogens is 485 g/mol. The third-order valence-electron chi connectivity index (χ3n) is 7.52. The minimum Gasteiger partial charge on any atom is -0.493 e. The molecule has 1 aliphatic heterocycles. The summed E-state index contributed by atoms with van der Waals surface area (Å²) in [5, 5.41) is 4.18. The molecule has 1 fully saturated rings. The van der Waals surface area contributed by atoms with Crippen LogP contribution in [-0.2, 0) is 13.0 Å². The Balaban J connectivity index is 1.15. The normalized spacial score (nSPS) is 15.8. The van der Waals surface area contributed by atoms with Crippen LogP contribution >= 0.6 is 0 Å². The SMILES string of the molecule is COc1cc2ncnc(Nc3ccc(F)c(C4CCC4)c3)c2cc1OCCCN1CCc2nc(C)oc2C1. The van der Waals surface area contributed by atoms with Gasteiger partial charge in [0.15, 0.2) is 17.4 Å². The Labute approximate surface area is 221 Å². The Bertz CT molecular complexity index is 1450. The van der Waals surface area contributed by atoms with Crippen LogP contribution in [0.5, 0.6) is 11.5 Å². The molecule has 1 aliphatic carbocycles. The number of halogens is 1. The predicted molar refractivity (Wildman–Crippen MR) is 143 cm³/mol. The monoisotopic (exact) mass is 517 g/mol. The van der Waals surface area contributed by atoms with Crippen LogP contribution in [0.2, 0.25) is 0 Å². The van der Waals surface area contributed by atoms with E-state index in [4.69, 9.17) is 13.9 Å². The topological polar surface area (TPSA) is 85.5 Å². The van der Waals surface area contributed by atoms with Crippen LogP contribution in [-0.4, -0.2) is 46.7 Å². The van der Waals surface area contributed by atoms with Crippen molar-refractivity contribution in [2.75, 3.05) is 32.1 Å². The van der Waals surface area contributed by atoms with Gasteiger partial charge in [0.2, 0.25) is 0 Å². The molecule has 6 rings (SSSR count). The van der Waals surface area contributed by atoms with Crippen molar-refractivity contribution < 1.29 is 18.3 Å². The number of oxazole rings is 1. The van der Waals surface area contributed by atoms with Crippen LogP contribution in [0.15, 0.2) is 41.1 Å². The second kappa shape index (κ2) is 10.6. The van der Waals surface area contributed by atoms with Gasteiger partial charge in [-0.2, -0.15) is 0 Å². The molecule has 0 amide bonds. The summed E-state index contributed by atoms with van der Waals surface area (Å²) in [5.74, 6) is 3.77. The van der Waals surface area contributed by atoms with Crippen molar-refractivity contribution in [2.45, 2.75) is 51.5 Å². The number of fused-ring (bicyclic) bond motifs is 2. The smallest absolute Gasteiger partial charge is 0.191 e. The first kappa shape index (κ1) is 24.6. The molecule has 4 aromatic rings. The fourth-order valence-corrected chi connectivity index (χ4v) is 5.26. The highest BCUT2D eigenvalue weighted by Crippen LogP contribution is 2.39. The lowest BCUT2D eigenvalue weighted by molar-refractivity contribution is 0.202. The third kappa shape index (κ3) is 5.03. The van der Waals surface area contributed by atoms with E-state index in [1.165, 1.54) is 12.4 Å². The summed E-state index contributed by atoms with van der Waals surface area (Å²) in [6, 6.07) is 8.95. The highest BCUT2D eigenvalue weighted by molar-refractivity contribution is 5.93. The Morgan fingerprint density at radius 1 is 1.16 bits per heavy atom. The maximum atomic E-state index is 14.4. The number of benzene rings is 2. The van der Waals surface area contributed by atoms with E-state index in [0.717, 1.165) is 91.2 Å². The van der Waals surface area contributed by atoms with Gasteiger partial charge in [-0.15, -0.1) is 0 Å². The molecule has 3 heterocycles. The maximum Gasteiger partial charge on any atom is 0.191 e. The van der Waals surface area contributed by atoms with E-state index in [1.54, 1.807) is 13.2 Å². The van der Waals surface area contributed by atoms with Gasteiger partial charge in [-0.25, -0.2) is 19.3 Å². The standard InChI is InChI=1S/C29H32FN5O3/c1-18-33-24-9-11-35(16-28(24)38-18)10-4-12-37-27-14-22-25(15-26(27)36-2)31-17-32-29(22)34-20-7-8-23(30)21(13-20)19-5-3-6-19/h7-8,13-15,17,19H,3-6,9-12,16H2,1-2H3,(H,31,32,34). The number of hydrogen-bond acceptors (Lipinski definition) is 8. The molecule has 0 spiro atoms. The van der Waals surface area contributed by atoms with Gasteiger partial charge in [0.05, 0.1) is 31.5 Å². The number of aryl methyl sites for hydroxylation is 1. The molecule has 0 radical (unpaired) electrons. The Morgan fingerprint density at radius 3 is 2.87 bits per heavy atom. The fourth-order valence-electron chi connectivity index (χ4n) is 5.26. The van der Waals surface area contributed by atoms with E-state index in [-0.39, 0.29) is 5.82 Å². The van der Waals surface area contributed by atoms with E-state index >= 15 is 0 Å². The Morgan fingerprint density at radius 2 is 2.05 bits per heavy atom. The van der Waals surface area contributed by atoms with E-state index < -0.39 is 0 Å². The van der Waals surface area contributed by atoms with Crippen molar-refractivity contribution in [2.24, 2.45) is 0 Å². The lowest BCUT2D eigenvalue weighted by atomic mass is 9.80. The van der Waals surface area contributed by atoms with Crippen LogP contribution in [0.25, 0.3) is 10.9 Å².